The van der Waals surface area contributed by atoms with Crippen molar-refractivity contribution < 1.29 is 14.6 Å². The molecule has 0 amide bonds. The molecule has 0 saturated heterocycles. The molecule has 4 heteroatoms. The van der Waals surface area contributed by atoms with Crippen molar-refractivity contribution in [2.75, 3.05) is 6.61 Å². The van der Waals surface area contributed by atoms with E-state index < -0.39 is 12.0 Å². The van der Waals surface area contributed by atoms with E-state index in [9.17, 15) is 4.79 Å². The van der Waals surface area contributed by atoms with Gasteiger partial charge in [-0.3, -0.25) is 4.79 Å². The van der Waals surface area contributed by atoms with Gasteiger partial charge in [0.15, 0.2) is 0 Å². The monoisotopic (exact) mass is 237 g/mol. The molecule has 17 heavy (non-hydrogen) atoms. The molecule has 0 saturated carbocycles. The van der Waals surface area contributed by atoms with Gasteiger partial charge in [-0.25, -0.2) is 0 Å². The Hall–Kier alpha value is -1.55. The number of benzene rings is 1. The Morgan fingerprint density at radius 2 is 2.29 bits per heavy atom. The summed E-state index contributed by atoms with van der Waals surface area (Å²) in [7, 11) is 0. The van der Waals surface area contributed by atoms with Crippen LogP contribution in [0.1, 0.15) is 25.8 Å². The molecule has 1 atom stereocenters. The number of rotatable bonds is 7. The van der Waals surface area contributed by atoms with Crippen LogP contribution >= 0.6 is 0 Å². The largest absolute Gasteiger partial charge is 0.494 e. The van der Waals surface area contributed by atoms with Crippen molar-refractivity contribution in [3.8, 4) is 5.75 Å². The van der Waals surface area contributed by atoms with Crippen molar-refractivity contribution in [3.05, 3.63) is 29.8 Å². The van der Waals surface area contributed by atoms with Gasteiger partial charge < -0.3 is 15.2 Å². The molecule has 1 aromatic rings. The van der Waals surface area contributed by atoms with Crippen molar-refractivity contribution in [1.29, 1.82) is 0 Å². The van der Waals surface area contributed by atoms with E-state index in [4.69, 9.17) is 9.84 Å². The van der Waals surface area contributed by atoms with Gasteiger partial charge in [0.2, 0.25) is 0 Å². The highest BCUT2D eigenvalue weighted by atomic mass is 16.5. The molecule has 0 bridgehead atoms. The van der Waals surface area contributed by atoms with Crippen molar-refractivity contribution in [2.24, 2.45) is 0 Å². The first kappa shape index (κ1) is 13.5. The molecule has 4 nitrogen and oxygen atoms in total. The van der Waals surface area contributed by atoms with E-state index in [0.717, 1.165) is 17.7 Å². The highest BCUT2D eigenvalue weighted by Crippen LogP contribution is 2.13. The Labute approximate surface area is 102 Å². The molecule has 0 fully saturated rings. The van der Waals surface area contributed by atoms with Crippen LogP contribution in [0.4, 0.5) is 0 Å². The van der Waals surface area contributed by atoms with Crippen molar-refractivity contribution in [2.45, 2.75) is 32.9 Å². The first-order chi connectivity index (χ1) is 8.13. The van der Waals surface area contributed by atoms with Gasteiger partial charge in [0, 0.05) is 6.54 Å². The third-order valence-corrected chi connectivity index (χ3v) is 2.35. The van der Waals surface area contributed by atoms with Crippen LogP contribution in [0.25, 0.3) is 0 Å². The first-order valence-electron chi connectivity index (χ1n) is 5.81. The van der Waals surface area contributed by atoms with E-state index in [1.54, 1.807) is 6.92 Å². The van der Waals surface area contributed by atoms with Gasteiger partial charge in [-0.1, -0.05) is 19.1 Å². The Balaban J connectivity index is 2.50. The summed E-state index contributed by atoms with van der Waals surface area (Å²) in [6, 6.07) is 7.14. The van der Waals surface area contributed by atoms with Gasteiger partial charge >= 0.3 is 5.97 Å². The molecule has 1 aromatic carbocycles. The molecule has 2 N–H and O–H groups in total. The van der Waals surface area contributed by atoms with E-state index >= 15 is 0 Å². The molecule has 0 radical (unpaired) electrons. The predicted octanol–water partition coefficient (Wildman–Crippen LogP) is 2.04. The summed E-state index contributed by atoms with van der Waals surface area (Å²) in [4.78, 5) is 10.6. The Morgan fingerprint density at radius 3 is 2.94 bits per heavy atom. The van der Waals surface area contributed by atoms with Crippen molar-refractivity contribution in [1.82, 2.24) is 5.32 Å². The highest BCUT2D eigenvalue weighted by molar-refractivity contribution is 5.72. The average molecular weight is 237 g/mol. The zero-order chi connectivity index (χ0) is 12.7. The summed E-state index contributed by atoms with van der Waals surface area (Å²) in [6.45, 7) is 4.90. The summed E-state index contributed by atoms with van der Waals surface area (Å²) in [6.07, 6.45) is 0.971. The summed E-state index contributed by atoms with van der Waals surface area (Å²) < 4.78 is 5.51. The van der Waals surface area contributed by atoms with Crippen LogP contribution in [0.2, 0.25) is 0 Å². The first-order valence-corrected chi connectivity index (χ1v) is 5.81. The van der Waals surface area contributed by atoms with E-state index in [0.29, 0.717) is 13.2 Å². The second-order valence-corrected chi connectivity index (χ2v) is 3.94. The number of nitrogens with one attached hydrogen (secondary N) is 1. The van der Waals surface area contributed by atoms with Crippen LogP contribution < -0.4 is 10.1 Å². The zero-order valence-electron chi connectivity index (χ0n) is 10.3. The lowest BCUT2D eigenvalue weighted by molar-refractivity contribution is -0.139. The fourth-order valence-electron chi connectivity index (χ4n) is 1.32. The number of aliphatic carboxylic acids is 1. The van der Waals surface area contributed by atoms with Crippen LogP contribution in [0.15, 0.2) is 24.3 Å². The normalized spacial score (nSPS) is 12.1. The van der Waals surface area contributed by atoms with Crippen molar-refractivity contribution in [3.63, 3.8) is 0 Å². The third kappa shape index (κ3) is 4.87. The number of carbonyl (C=O) groups is 1. The summed E-state index contributed by atoms with van der Waals surface area (Å²) >= 11 is 0. The number of hydrogen-bond acceptors (Lipinski definition) is 3. The van der Waals surface area contributed by atoms with Crippen LogP contribution in [0, 0.1) is 0 Å². The molecule has 1 rings (SSSR count). The van der Waals surface area contributed by atoms with E-state index in [-0.39, 0.29) is 0 Å². The quantitative estimate of drug-likeness (QED) is 0.762. The Bertz CT molecular complexity index is 365. The number of ether oxygens (including phenoxy) is 1. The summed E-state index contributed by atoms with van der Waals surface area (Å²) in [5.41, 5.74) is 1.02. The summed E-state index contributed by atoms with van der Waals surface area (Å²) in [5, 5.41) is 11.7. The van der Waals surface area contributed by atoms with Crippen molar-refractivity contribution >= 4 is 5.97 Å². The van der Waals surface area contributed by atoms with Gasteiger partial charge in [-0.15, -0.1) is 0 Å². The molecular weight excluding hydrogens is 218 g/mol. The lowest BCUT2D eigenvalue weighted by Gasteiger charge is -2.10. The minimum atomic E-state index is -0.844. The molecule has 0 aromatic heterocycles. The molecule has 0 aliphatic carbocycles. The average Bonchev–Trinajstić information content (AvgIpc) is 2.33. The van der Waals surface area contributed by atoms with Crippen LogP contribution in [-0.4, -0.2) is 23.7 Å². The maximum absolute atomic E-state index is 10.6. The smallest absolute Gasteiger partial charge is 0.320 e. The minimum Gasteiger partial charge on any atom is -0.494 e. The summed E-state index contributed by atoms with van der Waals surface area (Å²) in [5.74, 6) is -0.0162. The molecule has 0 aliphatic heterocycles. The second kappa shape index (κ2) is 6.91. The topological polar surface area (TPSA) is 58.6 Å². The van der Waals surface area contributed by atoms with Crippen LogP contribution in [0.5, 0.6) is 5.75 Å². The molecule has 0 heterocycles. The lowest BCUT2D eigenvalue weighted by Crippen LogP contribution is -2.33. The lowest BCUT2D eigenvalue weighted by atomic mass is 10.2. The van der Waals surface area contributed by atoms with E-state index in [1.807, 2.05) is 24.3 Å². The number of hydrogen-bond donors (Lipinski definition) is 2. The molecule has 1 unspecified atom stereocenters. The van der Waals surface area contributed by atoms with E-state index in [1.165, 1.54) is 0 Å². The Kier molecular flexibility index (Phi) is 5.49. The zero-order valence-corrected chi connectivity index (χ0v) is 10.3. The fraction of sp³-hybridized carbons (Fsp3) is 0.462. The molecule has 94 valence electrons. The molecule has 0 spiro atoms. The van der Waals surface area contributed by atoms with Gasteiger partial charge in [-0.05, 0) is 31.0 Å². The van der Waals surface area contributed by atoms with Crippen LogP contribution in [0.3, 0.4) is 0 Å². The molecule has 0 aliphatic rings. The minimum absolute atomic E-state index is 0.525. The number of carboxylic acids is 1. The standard InChI is InChI=1S/C13H19NO3/c1-3-7-17-12-6-4-5-11(8-12)9-14-10(2)13(15)16/h4-6,8,10,14H,3,7,9H2,1-2H3,(H,15,16). The highest BCUT2D eigenvalue weighted by Gasteiger charge is 2.09. The van der Waals surface area contributed by atoms with Gasteiger partial charge in [0.05, 0.1) is 6.61 Å². The fourth-order valence-corrected chi connectivity index (χ4v) is 1.32. The second-order valence-electron chi connectivity index (χ2n) is 3.94. The maximum Gasteiger partial charge on any atom is 0.320 e. The van der Waals surface area contributed by atoms with Gasteiger partial charge in [0.1, 0.15) is 11.8 Å². The molecular formula is C13H19NO3. The predicted molar refractivity (Wildman–Crippen MR) is 66.2 cm³/mol. The Morgan fingerprint density at radius 1 is 1.53 bits per heavy atom. The van der Waals surface area contributed by atoms with E-state index in [2.05, 4.69) is 12.2 Å². The number of carboxylic acid groups (broad SMARTS) is 1. The van der Waals surface area contributed by atoms with Gasteiger partial charge in [0.25, 0.3) is 0 Å². The third-order valence-electron chi connectivity index (χ3n) is 2.35. The SMILES string of the molecule is CCCOc1cccc(CNC(C)C(=O)O)c1. The van der Waals surface area contributed by atoms with Gasteiger partial charge in [-0.2, -0.15) is 0 Å². The maximum atomic E-state index is 10.6. The van der Waals surface area contributed by atoms with Crippen LogP contribution in [-0.2, 0) is 11.3 Å².